The molecular weight excluding hydrogens is 344 g/mol. The molecule has 2 aromatic rings. The van der Waals surface area contributed by atoms with E-state index in [2.05, 4.69) is 15.5 Å². The van der Waals surface area contributed by atoms with Gasteiger partial charge < -0.3 is 10.1 Å². The van der Waals surface area contributed by atoms with Crippen molar-refractivity contribution in [1.29, 1.82) is 0 Å². The second kappa shape index (κ2) is 9.07. The van der Waals surface area contributed by atoms with Crippen LogP contribution in [-0.4, -0.2) is 39.0 Å². The van der Waals surface area contributed by atoms with Crippen LogP contribution in [-0.2, 0) is 16.1 Å². The highest BCUT2D eigenvalue weighted by Crippen LogP contribution is 2.15. The van der Waals surface area contributed by atoms with Crippen molar-refractivity contribution in [2.45, 2.75) is 32.0 Å². The fourth-order valence-corrected chi connectivity index (χ4v) is 2.84. The third kappa shape index (κ3) is 5.21. The molecule has 8 nitrogen and oxygen atoms in total. The van der Waals surface area contributed by atoms with Crippen molar-refractivity contribution in [3.63, 3.8) is 0 Å². The first-order valence-corrected chi connectivity index (χ1v) is 8.88. The molecule has 0 saturated carbocycles. The fourth-order valence-electron chi connectivity index (χ4n) is 2.07. The Hall–Kier alpha value is -2.55. The van der Waals surface area contributed by atoms with Crippen molar-refractivity contribution in [1.82, 2.24) is 14.8 Å². The lowest BCUT2D eigenvalue weighted by atomic mass is 10.2. The lowest BCUT2D eigenvalue weighted by molar-refractivity contribution is -0.113. The summed E-state index contributed by atoms with van der Waals surface area (Å²) in [7, 11) is 0. The summed E-state index contributed by atoms with van der Waals surface area (Å²) in [6, 6.07) is 6.45. The van der Waals surface area contributed by atoms with Crippen LogP contribution in [0.25, 0.3) is 0 Å². The second-order valence-electron chi connectivity index (χ2n) is 5.10. The molecule has 1 amide bonds. The van der Waals surface area contributed by atoms with Crippen LogP contribution in [0.5, 0.6) is 0 Å². The third-order valence-corrected chi connectivity index (χ3v) is 4.16. The van der Waals surface area contributed by atoms with E-state index in [1.54, 1.807) is 31.2 Å². The highest BCUT2D eigenvalue weighted by molar-refractivity contribution is 7.99. The van der Waals surface area contributed by atoms with E-state index in [1.165, 1.54) is 16.3 Å². The summed E-state index contributed by atoms with van der Waals surface area (Å²) >= 11 is 1.18. The number of carbonyl (C=O) groups is 2. The van der Waals surface area contributed by atoms with Gasteiger partial charge in [-0.1, -0.05) is 18.7 Å². The summed E-state index contributed by atoms with van der Waals surface area (Å²) in [6.07, 6.45) is 0.798. The van der Waals surface area contributed by atoms with E-state index in [0.717, 1.165) is 6.42 Å². The van der Waals surface area contributed by atoms with Crippen LogP contribution in [0.1, 0.15) is 30.6 Å². The Kier molecular flexibility index (Phi) is 6.81. The smallest absolute Gasteiger partial charge is 0.343 e. The zero-order valence-corrected chi connectivity index (χ0v) is 14.9. The maximum absolute atomic E-state index is 12.0. The third-order valence-electron chi connectivity index (χ3n) is 3.18. The van der Waals surface area contributed by atoms with E-state index >= 15 is 0 Å². The summed E-state index contributed by atoms with van der Waals surface area (Å²) in [5.41, 5.74) is 0.722. The van der Waals surface area contributed by atoms with Crippen LogP contribution >= 0.6 is 11.8 Å². The van der Waals surface area contributed by atoms with Gasteiger partial charge in [0.25, 0.3) is 0 Å². The van der Waals surface area contributed by atoms with Gasteiger partial charge in [-0.2, -0.15) is 0 Å². The first kappa shape index (κ1) is 18.8. The summed E-state index contributed by atoms with van der Waals surface area (Å²) in [6.45, 7) is 4.56. The Morgan fingerprint density at radius 2 is 2.00 bits per heavy atom. The Bertz CT molecular complexity index is 782. The van der Waals surface area contributed by atoms with Gasteiger partial charge in [0, 0.05) is 12.2 Å². The molecule has 0 fully saturated rings. The molecule has 0 aliphatic carbocycles. The number of esters is 1. The minimum absolute atomic E-state index is 0.119. The van der Waals surface area contributed by atoms with Gasteiger partial charge >= 0.3 is 11.7 Å². The number of anilines is 1. The van der Waals surface area contributed by atoms with Crippen LogP contribution < -0.4 is 11.0 Å². The standard InChI is InChI=1S/C16H20N4O4S/c1-3-9-20-15(23)18-19-16(20)25-10-13(21)17-12-7-5-11(6-8-12)14(22)24-4-2/h5-8H,3-4,9-10H2,1-2H3,(H,17,21)(H,18,23). The molecule has 2 rings (SSSR count). The lowest BCUT2D eigenvalue weighted by Crippen LogP contribution is -2.18. The SMILES string of the molecule is CCCn1c(SCC(=O)Nc2ccc(C(=O)OCC)cc2)n[nH]c1=O. The normalized spacial score (nSPS) is 10.5. The topological polar surface area (TPSA) is 106 Å². The van der Waals surface area contributed by atoms with Gasteiger partial charge in [0.2, 0.25) is 5.91 Å². The maximum atomic E-state index is 12.0. The summed E-state index contributed by atoms with van der Waals surface area (Å²) in [5, 5.41) is 9.52. The predicted molar refractivity (Wildman–Crippen MR) is 94.9 cm³/mol. The van der Waals surface area contributed by atoms with Gasteiger partial charge in [-0.3, -0.25) is 9.36 Å². The molecule has 0 unspecified atom stereocenters. The van der Waals surface area contributed by atoms with E-state index in [1.807, 2.05) is 6.92 Å². The van der Waals surface area contributed by atoms with Crippen LogP contribution in [0.3, 0.4) is 0 Å². The van der Waals surface area contributed by atoms with Gasteiger partial charge in [0.15, 0.2) is 5.16 Å². The number of thioether (sulfide) groups is 1. The average Bonchev–Trinajstić information content (AvgIpc) is 2.94. The number of aromatic amines is 1. The fraction of sp³-hybridized carbons (Fsp3) is 0.375. The number of hydrogen-bond acceptors (Lipinski definition) is 6. The molecule has 0 aliphatic heterocycles. The van der Waals surface area contributed by atoms with E-state index in [-0.39, 0.29) is 17.3 Å². The van der Waals surface area contributed by atoms with Crippen molar-refractivity contribution in [3.05, 3.63) is 40.3 Å². The van der Waals surface area contributed by atoms with Gasteiger partial charge in [-0.25, -0.2) is 14.7 Å². The van der Waals surface area contributed by atoms with Crippen LogP contribution in [0.15, 0.2) is 34.2 Å². The molecule has 0 radical (unpaired) electrons. The predicted octanol–water partition coefficient (Wildman–Crippen LogP) is 1.89. The highest BCUT2D eigenvalue weighted by Gasteiger charge is 2.11. The zero-order chi connectivity index (χ0) is 18.2. The van der Waals surface area contributed by atoms with Crippen molar-refractivity contribution in [3.8, 4) is 0 Å². The molecule has 0 atom stereocenters. The average molecular weight is 364 g/mol. The highest BCUT2D eigenvalue weighted by atomic mass is 32.2. The summed E-state index contributed by atoms with van der Waals surface area (Å²) < 4.78 is 6.41. The molecule has 1 heterocycles. The first-order chi connectivity index (χ1) is 12.0. The molecule has 1 aromatic carbocycles. The van der Waals surface area contributed by atoms with Crippen molar-refractivity contribution in [2.24, 2.45) is 0 Å². The van der Waals surface area contributed by atoms with Crippen molar-refractivity contribution < 1.29 is 14.3 Å². The van der Waals surface area contributed by atoms with Crippen LogP contribution in [0, 0.1) is 0 Å². The molecule has 134 valence electrons. The molecule has 9 heteroatoms. The van der Waals surface area contributed by atoms with Gasteiger partial charge in [0.1, 0.15) is 0 Å². The number of rotatable bonds is 8. The number of nitrogens with zero attached hydrogens (tertiary/aromatic N) is 2. The molecule has 0 spiro atoms. The number of carbonyl (C=O) groups excluding carboxylic acids is 2. The molecule has 0 aliphatic rings. The molecule has 25 heavy (non-hydrogen) atoms. The second-order valence-corrected chi connectivity index (χ2v) is 6.04. The first-order valence-electron chi connectivity index (χ1n) is 7.90. The minimum Gasteiger partial charge on any atom is -0.462 e. The number of ether oxygens (including phenoxy) is 1. The van der Waals surface area contributed by atoms with Crippen molar-refractivity contribution in [2.75, 3.05) is 17.7 Å². The maximum Gasteiger partial charge on any atom is 0.343 e. The molecule has 0 bridgehead atoms. The van der Waals surface area contributed by atoms with E-state index in [0.29, 0.717) is 29.6 Å². The Balaban J connectivity index is 1.90. The monoisotopic (exact) mass is 364 g/mol. The van der Waals surface area contributed by atoms with Crippen LogP contribution in [0.4, 0.5) is 5.69 Å². The number of H-pyrrole nitrogens is 1. The molecular formula is C16H20N4O4S. The van der Waals surface area contributed by atoms with Gasteiger partial charge in [-0.05, 0) is 37.6 Å². The number of hydrogen-bond donors (Lipinski definition) is 2. The van der Waals surface area contributed by atoms with Gasteiger partial charge in [0.05, 0.1) is 17.9 Å². The largest absolute Gasteiger partial charge is 0.462 e. The van der Waals surface area contributed by atoms with Gasteiger partial charge in [-0.15, -0.1) is 5.10 Å². The number of amides is 1. The minimum atomic E-state index is -0.400. The van der Waals surface area contributed by atoms with E-state index in [9.17, 15) is 14.4 Å². The molecule has 0 saturated heterocycles. The number of benzene rings is 1. The zero-order valence-electron chi connectivity index (χ0n) is 14.1. The van der Waals surface area contributed by atoms with Crippen molar-refractivity contribution >= 4 is 29.3 Å². The Morgan fingerprint density at radius 3 is 2.64 bits per heavy atom. The quantitative estimate of drug-likeness (QED) is 0.547. The molecule has 1 aromatic heterocycles. The van der Waals surface area contributed by atoms with Crippen LogP contribution in [0.2, 0.25) is 0 Å². The summed E-state index contributed by atoms with van der Waals surface area (Å²) in [5.74, 6) is -0.510. The Morgan fingerprint density at radius 1 is 1.28 bits per heavy atom. The number of aromatic nitrogens is 3. The lowest BCUT2D eigenvalue weighted by Gasteiger charge is -2.07. The molecule has 2 N–H and O–H groups in total. The van der Waals surface area contributed by atoms with E-state index < -0.39 is 5.97 Å². The number of nitrogens with one attached hydrogen (secondary N) is 2. The summed E-state index contributed by atoms with van der Waals surface area (Å²) in [4.78, 5) is 35.2. The Labute approximate surface area is 149 Å². The van der Waals surface area contributed by atoms with E-state index in [4.69, 9.17) is 4.74 Å².